The molecule has 2 atom stereocenters. The molecule has 2 rings (SSSR count). The Labute approximate surface area is 132 Å². The highest BCUT2D eigenvalue weighted by molar-refractivity contribution is 7.99. The number of thioether (sulfide) groups is 1. The van der Waals surface area contributed by atoms with E-state index in [0.29, 0.717) is 6.04 Å². The Kier molecular flexibility index (Phi) is 6.12. The number of rotatable bonds is 5. The lowest BCUT2D eigenvalue weighted by Gasteiger charge is -2.30. The number of nitrogens with one attached hydrogen (secondary N) is 1. The van der Waals surface area contributed by atoms with Gasteiger partial charge in [0.05, 0.1) is 5.92 Å². The van der Waals surface area contributed by atoms with E-state index < -0.39 is 0 Å². The van der Waals surface area contributed by atoms with Crippen molar-refractivity contribution in [3.63, 3.8) is 0 Å². The van der Waals surface area contributed by atoms with E-state index in [1.165, 1.54) is 12.8 Å². The molecule has 4 heteroatoms. The van der Waals surface area contributed by atoms with Crippen molar-refractivity contribution < 1.29 is 4.79 Å². The van der Waals surface area contributed by atoms with E-state index in [4.69, 9.17) is 5.73 Å². The van der Waals surface area contributed by atoms with Gasteiger partial charge in [0.2, 0.25) is 5.91 Å². The molecule has 116 valence electrons. The number of hydrogen-bond donors (Lipinski definition) is 2. The number of benzene rings is 1. The average Bonchev–Trinajstić information content (AvgIpc) is 2.55. The van der Waals surface area contributed by atoms with Crippen LogP contribution in [0.2, 0.25) is 0 Å². The van der Waals surface area contributed by atoms with Crippen molar-refractivity contribution in [3.05, 3.63) is 35.9 Å². The molecule has 1 saturated carbocycles. The van der Waals surface area contributed by atoms with E-state index in [1.54, 1.807) is 0 Å². The van der Waals surface area contributed by atoms with Crippen LogP contribution in [0.25, 0.3) is 0 Å². The first kappa shape index (κ1) is 16.4. The number of nitrogens with two attached hydrogens (primary N) is 1. The molecule has 0 heterocycles. The smallest absolute Gasteiger partial charge is 0.224 e. The molecular formula is C17H26N2OS. The molecule has 3 nitrogen and oxygen atoms in total. The third kappa shape index (κ3) is 4.48. The molecule has 0 spiro atoms. The first-order valence-corrected chi connectivity index (χ1v) is 9.04. The lowest BCUT2D eigenvalue weighted by Crippen LogP contribution is -2.43. The molecule has 1 aromatic rings. The summed E-state index contributed by atoms with van der Waals surface area (Å²) in [6, 6.07) is 9.94. The van der Waals surface area contributed by atoms with Crippen LogP contribution in [0.4, 0.5) is 0 Å². The van der Waals surface area contributed by atoms with Gasteiger partial charge in [-0.05, 0) is 37.5 Å². The van der Waals surface area contributed by atoms with E-state index in [1.807, 2.05) is 49.0 Å². The summed E-state index contributed by atoms with van der Waals surface area (Å²) in [6.45, 7) is 1.92. The lowest BCUT2D eigenvalue weighted by atomic mass is 9.92. The minimum atomic E-state index is -0.242. The molecule has 1 aliphatic carbocycles. The Morgan fingerprint density at radius 1 is 1.24 bits per heavy atom. The maximum Gasteiger partial charge on any atom is 0.224 e. The van der Waals surface area contributed by atoms with Gasteiger partial charge in [0.25, 0.3) is 0 Å². The Balaban J connectivity index is 1.85. The van der Waals surface area contributed by atoms with E-state index in [9.17, 15) is 4.79 Å². The van der Waals surface area contributed by atoms with Crippen molar-refractivity contribution in [2.45, 2.75) is 49.9 Å². The van der Waals surface area contributed by atoms with Crippen LogP contribution in [0.1, 0.15) is 44.2 Å². The van der Waals surface area contributed by atoms with Gasteiger partial charge in [0, 0.05) is 17.3 Å². The number of amides is 1. The van der Waals surface area contributed by atoms with Crippen LogP contribution >= 0.6 is 11.8 Å². The van der Waals surface area contributed by atoms with Crippen LogP contribution in [0.5, 0.6) is 0 Å². The van der Waals surface area contributed by atoms with Crippen molar-refractivity contribution in [3.8, 4) is 0 Å². The molecule has 1 aliphatic rings. The van der Waals surface area contributed by atoms with E-state index in [2.05, 4.69) is 11.6 Å². The molecule has 0 saturated heterocycles. The van der Waals surface area contributed by atoms with E-state index in [-0.39, 0.29) is 17.9 Å². The molecule has 1 aromatic carbocycles. The van der Waals surface area contributed by atoms with Crippen molar-refractivity contribution in [2.75, 3.05) is 6.26 Å². The predicted octanol–water partition coefficient (Wildman–Crippen LogP) is 3.11. The summed E-state index contributed by atoms with van der Waals surface area (Å²) in [5.41, 5.74) is 7.24. The normalized spacial score (nSPS) is 25.1. The second kappa shape index (κ2) is 7.85. The van der Waals surface area contributed by atoms with Gasteiger partial charge in [-0.3, -0.25) is 4.79 Å². The van der Waals surface area contributed by atoms with Crippen LogP contribution in [-0.4, -0.2) is 23.5 Å². The Hall–Kier alpha value is -1.00. The maximum atomic E-state index is 12.4. The Bertz CT molecular complexity index is 443. The first-order chi connectivity index (χ1) is 10.1. The standard InChI is InChI=1S/C17H26N2OS/c1-12(16(18)13-6-4-3-5-7-13)17(20)19-14-8-10-15(21-2)11-9-14/h3-7,12,14-16H,8-11,18H2,1-2H3,(H,19,20). The summed E-state index contributed by atoms with van der Waals surface area (Å²) in [4.78, 5) is 12.4. The van der Waals surface area contributed by atoms with Crippen molar-refractivity contribution in [1.82, 2.24) is 5.32 Å². The minimum absolute atomic E-state index is 0.0824. The Morgan fingerprint density at radius 2 is 1.86 bits per heavy atom. The third-order valence-corrected chi connectivity index (χ3v) is 5.63. The highest BCUT2D eigenvalue weighted by Gasteiger charge is 2.26. The van der Waals surface area contributed by atoms with Gasteiger partial charge >= 0.3 is 0 Å². The number of hydrogen-bond acceptors (Lipinski definition) is 3. The van der Waals surface area contributed by atoms with Gasteiger partial charge in [-0.25, -0.2) is 0 Å². The molecule has 2 unspecified atom stereocenters. The van der Waals surface area contributed by atoms with Crippen LogP contribution in [-0.2, 0) is 4.79 Å². The molecule has 1 fully saturated rings. The largest absolute Gasteiger partial charge is 0.353 e. The molecule has 0 aromatic heterocycles. The molecule has 3 N–H and O–H groups in total. The van der Waals surface area contributed by atoms with E-state index >= 15 is 0 Å². The lowest BCUT2D eigenvalue weighted by molar-refractivity contribution is -0.126. The topological polar surface area (TPSA) is 55.1 Å². The van der Waals surface area contributed by atoms with Crippen molar-refractivity contribution in [1.29, 1.82) is 0 Å². The zero-order valence-corrected chi connectivity index (χ0v) is 13.7. The molecule has 21 heavy (non-hydrogen) atoms. The van der Waals surface area contributed by atoms with Crippen molar-refractivity contribution >= 4 is 17.7 Å². The first-order valence-electron chi connectivity index (χ1n) is 7.75. The van der Waals surface area contributed by atoms with Crippen LogP contribution in [0.3, 0.4) is 0 Å². The Morgan fingerprint density at radius 3 is 2.43 bits per heavy atom. The predicted molar refractivity (Wildman–Crippen MR) is 90.2 cm³/mol. The minimum Gasteiger partial charge on any atom is -0.353 e. The second-order valence-corrected chi connectivity index (χ2v) is 7.08. The highest BCUT2D eigenvalue weighted by Crippen LogP contribution is 2.27. The van der Waals surface area contributed by atoms with Crippen LogP contribution in [0, 0.1) is 5.92 Å². The monoisotopic (exact) mass is 306 g/mol. The third-order valence-electron chi connectivity index (χ3n) is 4.49. The maximum absolute atomic E-state index is 12.4. The van der Waals surface area contributed by atoms with Gasteiger partial charge in [-0.2, -0.15) is 11.8 Å². The number of carbonyl (C=O) groups is 1. The summed E-state index contributed by atoms with van der Waals surface area (Å²) in [7, 11) is 0. The summed E-state index contributed by atoms with van der Waals surface area (Å²) >= 11 is 1.94. The quantitative estimate of drug-likeness (QED) is 0.879. The van der Waals surface area contributed by atoms with Crippen molar-refractivity contribution in [2.24, 2.45) is 11.7 Å². The molecule has 0 aliphatic heterocycles. The average molecular weight is 306 g/mol. The SMILES string of the molecule is CSC1CCC(NC(=O)C(C)C(N)c2ccccc2)CC1. The summed E-state index contributed by atoms with van der Waals surface area (Å²) in [6.07, 6.45) is 6.75. The zero-order chi connectivity index (χ0) is 15.2. The molecule has 0 bridgehead atoms. The summed E-state index contributed by atoms with van der Waals surface area (Å²) in [5.74, 6) is -0.121. The fraction of sp³-hybridized carbons (Fsp3) is 0.588. The van der Waals surface area contributed by atoms with Crippen LogP contribution in [0.15, 0.2) is 30.3 Å². The molecular weight excluding hydrogens is 280 g/mol. The van der Waals surface area contributed by atoms with Gasteiger partial charge in [0.1, 0.15) is 0 Å². The number of carbonyl (C=O) groups excluding carboxylic acids is 1. The van der Waals surface area contributed by atoms with Gasteiger partial charge < -0.3 is 11.1 Å². The summed E-state index contributed by atoms with van der Waals surface area (Å²) < 4.78 is 0. The highest BCUT2D eigenvalue weighted by atomic mass is 32.2. The summed E-state index contributed by atoms with van der Waals surface area (Å²) in [5, 5.41) is 3.95. The second-order valence-electron chi connectivity index (χ2n) is 5.94. The van der Waals surface area contributed by atoms with Gasteiger partial charge in [0.15, 0.2) is 0 Å². The van der Waals surface area contributed by atoms with Gasteiger partial charge in [-0.1, -0.05) is 37.3 Å². The molecule has 0 radical (unpaired) electrons. The fourth-order valence-electron chi connectivity index (χ4n) is 2.90. The molecule has 1 amide bonds. The van der Waals surface area contributed by atoms with E-state index in [0.717, 1.165) is 23.7 Å². The fourth-order valence-corrected chi connectivity index (χ4v) is 3.65. The van der Waals surface area contributed by atoms with Crippen LogP contribution < -0.4 is 11.1 Å². The zero-order valence-electron chi connectivity index (χ0n) is 12.9. The van der Waals surface area contributed by atoms with Gasteiger partial charge in [-0.15, -0.1) is 0 Å².